The third-order valence-electron chi connectivity index (χ3n) is 9.75. The van der Waals surface area contributed by atoms with Crippen LogP contribution in [0, 0.1) is 12.8 Å². The highest BCUT2D eigenvalue weighted by Gasteiger charge is 2.58. The van der Waals surface area contributed by atoms with Crippen molar-refractivity contribution in [2.75, 3.05) is 13.7 Å². The Morgan fingerprint density at radius 3 is 2.67 bits per heavy atom. The Balaban J connectivity index is 1.33. The Hall–Kier alpha value is -3.79. The number of aryl methyl sites for hydroxylation is 1. The van der Waals surface area contributed by atoms with E-state index in [9.17, 15) is 14.4 Å². The molecule has 0 spiro atoms. The van der Waals surface area contributed by atoms with Crippen LogP contribution in [0.2, 0.25) is 0 Å². The molecule has 0 radical (unpaired) electrons. The smallest absolute Gasteiger partial charge is 0.243 e. The molecule has 1 aromatic carbocycles. The first kappa shape index (κ1) is 32.2. The van der Waals surface area contributed by atoms with E-state index in [1.54, 1.807) is 30.3 Å². The van der Waals surface area contributed by atoms with Gasteiger partial charge in [-0.2, -0.15) is 0 Å². The van der Waals surface area contributed by atoms with Gasteiger partial charge in [0, 0.05) is 41.2 Å². The van der Waals surface area contributed by atoms with Crippen LogP contribution in [-0.2, 0) is 14.4 Å². The monoisotopic (exact) mass is 644 g/mol. The molecular weight excluding hydrogens is 600 g/mol. The Kier molecular flexibility index (Phi) is 9.19. The molecule has 2 aliphatic heterocycles. The first-order valence-electron chi connectivity index (χ1n) is 16.5. The van der Waals surface area contributed by atoms with Crippen molar-refractivity contribution in [1.29, 1.82) is 0 Å². The van der Waals surface area contributed by atoms with E-state index in [2.05, 4.69) is 36.7 Å². The number of nitrogens with zero attached hydrogens (tertiary/aromatic N) is 3. The average Bonchev–Trinajstić information content (AvgIpc) is 3.33. The molecule has 9 nitrogen and oxygen atoms in total. The quantitative estimate of drug-likeness (QED) is 0.304. The number of methoxy groups -OCH3 is 1. The number of pyridine rings is 1. The second kappa shape index (κ2) is 13.1. The Morgan fingerprint density at radius 2 is 1.93 bits per heavy atom. The molecule has 2 amide bonds. The highest BCUT2D eigenvalue weighted by molar-refractivity contribution is 7.13. The fraction of sp³-hybridized carbons (Fsp3) is 0.528. The number of ether oxygens (including phenoxy) is 2. The second-order valence-electron chi connectivity index (χ2n) is 13.3. The predicted molar refractivity (Wildman–Crippen MR) is 179 cm³/mol. The topological polar surface area (TPSA) is 111 Å². The Morgan fingerprint density at radius 1 is 1.13 bits per heavy atom. The number of aromatic nitrogens is 2. The molecule has 4 heterocycles. The van der Waals surface area contributed by atoms with Crippen molar-refractivity contribution in [3.05, 3.63) is 47.0 Å². The van der Waals surface area contributed by atoms with E-state index in [0.29, 0.717) is 36.6 Å². The summed E-state index contributed by atoms with van der Waals surface area (Å²) in [6.07, 6.45) is 9.89. The van der Waals surface area contributed by atoms with Crippen LogP contribution in [0.3, 0.4) is 0 Å². The molecule has 1 saturated carbocycles. The number of carbonyl (C=O) groups excluding carboxylic acids is 3. The average molecular weight is 645 g/mol. The zero-order chi connectivity index (χ0) is 32.6. The maximum Gasteiger partial charge on any atom is 0.243 e. The minimum Gasteiger partial charge on any atom is -0.496 e. The highest BCUT2D eigenvalue weighted by Crippen LogP contribution is 2.46. The van der Waals surface area contributed by atoms with Gasteiger partial charge in [-0.05, 0) is 57.6 Å². The number of hydrogen-bond donors (Lipinski definition) is 1. The number of Topliss-reactive ketones (excluding diaryl/α,β-unsaturated/α-hetero) is 1. The summed E-state index contributed by atoms with van der Waals surface area (Å²) in [5.74, 6) is 1.25. The molecule has 1 N–H and O–H groups in total. The van der Waals surface area contributed by atoms with Crippen molar-refractivity contribution in [2.24, 2.45) is 5.92 Å². The third kappa shape index (κ3) is 6.28. The van der Waals surface area contributed by atoms with Crippen LogP contribution in [0.15, 0.2) is 35.7 Å². The summed E-state index contributed by atoms with van der Waals surface area (Å²) >= 11 is 1.55. The minimum absolute atomic E-state index is 0.0133. The third-order valence-corrected chi connectivity index (χ3v) is 10.6. The van der Waals surface area contributed by atoms with Crippen molar-refractivity contribution < 1.29 is 23.9 Å². The Labute approximate surface area is 274 Å². The van der Waals surface area contributed by atoms with E-state index >= 15 is 0 Å². The lowest BCUT2D eigenvalue weighted by molar-refractivity contribution is -0.139. The second-order valence-corrected chi connectivity index (χ2v) is 14.1. The van der Waals surface area contributed by atoms with Crippen LogP contribution in [0.1, 0.15) is 89.3 Å². The SMILES string of the molecule is COc1ccc2c(O[C@@H]3C[C@H]4C(=O)N[C@]5(C(C)=O)C[C@H]5/C=C\CCCCCCC(=O)N4C3)cc(-c3nc(C(C)C)cs3)nc2c1C. The van der Waals surface area contributed by atoms with Gasteiger partial charge in [-0.3, -0.25) is 14.4 Å². The minimum atomic E-state index is -0.892. The normalized spacial score (nSPS) is 26.1. The van der Waals surface area contributed by atoms with Crippen molar-refractivity contribution >= 4 is 39.8 Å². The predicted octanol–water partition coefficient (Wildman–Crippen LogP) is 6.52. The van der Waals surface area contributed by atoms with E-state index < -0.39 is 17.7 Å². The van der Waals surface area contributed by atoms with Crippen LogP contribution >= 0.6 is 11.3 Å². The van der Waals surface area contributed by atoms with Crippen LogP contribution in [0.4, 0.5) is 0 Å². The van der Waals surface area contributed by atoms with Crippen molar-refractivity contribution in [1.82, 2.24) is 20.2 Å². The summed E-state index contributed by atoms with van der Waals surface area (Å²) in [6.45, 7) is 8.04. The number of hydrogen-bond acceptors (Lipinski definition) is 8. The van der Waals surface area contributed by atoms with Gasteiger partial charge in [-0.1, -0.05) is 38.8 Å². The fourth-order valence-corrected chi connectivity index (χ4v) is 7.76. The van der Waals surface area contributed by atoms with Crippen molar-refractivity contribution in [3.63, 3.8) is 0 Å². The lowest BCUT2D eigenvalue weighted by Crippen LogP contribution is -2.52. The van der Waals surface area contributed by atoms with E-state index in [4.69, 9.17) is 19.4 Å². The van der Waals surface area contributed by atoms with Gasteiger partial charge in [0.05, 0.1) is 24.9 Å². The molecule has 3 aromatic rings. The molecule has 10 heteroatoms. The van der Waals surface area contributed by atoms with E-state index in [0.717, 1.165) is 65.0 Å². The molecule has 244 valence electrons. The largest absolute Gasteiger partial charge is 0.496 e. The van der Waals surface area contributed by atoms with Gasteiger partial charge in [0.1, 0.15) is 39.9 Å². The van der Waals surface area contributed by atoms with Crippen molar-refractivity contribution in [3.8, 4) is 22.2 Å². The van der Waals surface area contributed by atoms with E-state index in [1.807, 2.05) is 25.1 Å². The molecule has 46 heavy (non-hydrogen) atoms. The number of amides is 2. The lowest BCUT2D eigenvalue weighted by Gasteiger charge is -2.26. The maximum atomic E-state index is 13.9. The summed E-state index contributed by atoms with van der Waals surface area (Å²) in [6, 6.07) is 5.05. The standard InChI is InChI=1S/C36H44N4O5S/c1-21(2)28-20-46-35(38-28)27-17-31(26-14-15-30(44-5)22(3)33(26)37-27)45-25-16-29-34(43)39-36(23(4)41)18-24(36)12-10-8-6-7-9-11-13-32(42)40(29)19-25/h10,12,14-15,17,20-21,24-25,29H,6-9,11,13,16,18-19H2,1-5H3,(H,39,43)/b12-10-/t24-,25-,29+,36+/m1/s1. The van der Waals surface area contributed by atoms with Crippen LogP contribution in [0.5, 0.6) is 11.5 Å². The van der Waals surface area contributed by atoms with Gasteiger partial charge in [-0.15, -0.1) is 11.3 Å². The number of rotatable bonds is 6. The summed E-state index contributed by atoms with van der Waals surface area (Å²) in [4.78, 5) is 51.8. The van der Waals surface area contributed by atoms with Gasteiger partial charge >= 0.3 is 0 Å². The lowest BCUT2D eigenvalue weighted by atomic mass is 10.1. The molecule has 1 aliphatic carbocycles. The number of ketones is 1. The Bertz CT molecular complexity index is 1680. The van der Waals surface area contributed by atoms with Gasteiger partial charge in [0.25, 0.3) is 0 Å². The summed E-state index contributed by atoms with van der Waals surface area (Å²) in [7, 11) is 1.64. The molecule has 3 aliphatic rings. The molecule has 1 saturated heterocycles. The van der Waals surface area contributed by atoms with Crippen LogP contribution in [-0.4, -0.2) is 63.8 Å². The number of benzene rings is 1. The summed E-state index contributed by atoms with van der Waals surface area (Å²) in [5.41, 5.74) is 2.47. The maximum absolute atomic E-state index is 13.9. The zero-order valence-corrected chi connectivity index (χ0v) is 28.2. The van der Waals surface area contributed by atoms with Gasteiger partial charge < -0.3 is 19.7 Å². The van der Waals surface area contributed by atoms with Gasteiger partial charge in [0.15, 0.2) is 5.78 Å². The fourth-order valence-electron chi connectivity index (χ4n) is 6.82. The summed E-state index contributed by atoms with van der Waals surface area (Å²) < 4.78 is 12.3. The van der Waals surface area contributed by atoms with Crippen LogP contribution < -0.4 is 14.8 Å². The van der Waals surface area contributed by atoms with Crippen molar-refractivity contribution in [2.45, 2.75) is 103 Å². The molecule has 2 fully saturated rings. The zero-order valence-electron chi connectivity index (χ0n) is 27.4. The molecule has 0 bridgehead atoms. The highest BCUT2D eigenvalue weighted by atomic mass is 32.1. The molecule has 4 atom stereocenters. The number of carbonyl (C=O) groups is 3. The first-order chi connectivity index (χ1) is 22.1. The van der Waals surface area contributed by atoms with Gasteiger partial charge in [0.2, 0.25) is 11.8 Å². The number of thiazole rings is 1. The molecule has 0 unspecified atom stereocenters. The number of fused-ring (bicyclic) bond motifs is 3. The van der Waals surface area contributed by atoms with E-state index in [-0.39, 0.29) is 30.1 Å². The molecule has 6 rings (SSSR count). The van der Waals surface area contributed by atoms with Gasteiger partial charge in [-0.25, -0.2) is 9.97 Å². The first-order valence-corrected chi connectivity index (χ1v) is 17.4. The van der Waals surface area contributed by atoms with Crippen LogP contribution in [0.25, 0.3) is 21.6 Å². The molecular formula is C36H44N4O5S. The molecule has 2 aromatic heterocycles. The number of nitrogens with one attached hydrogen (secondary N) is 1. The number of allylic oxidation sites excluding steroid dienone is 1. The van der Waals surface area contributed by atoms with E-state index in [1.165, 1.54) is 0 Å². The summed E-state index contributed by atoms with van der Waals surface area (Å²) in [5, 5.41) is 6.77.